The highest BCUT2D eigenvalue weighted by Gasteiger charge is 2.16. The van der Waals surface area contributed by atoms with Crippen molar-refractivity contribution in [3.63, 3.8) is 0 Å². The second-order valence-electron chi connectivity index (χ2n) is 6.84. The molecular formula is C20H36N2O2. The SMILES string of the molecule is CCCCCCCCCCCCc1n(CCC)cc[n+]1CC(=O)[O-]. The van der Waals surface area contributed by atoms with Crippen LogP contribution in [0.25, 0.3) is 0 Å². The maximum Gasteiger partial charge on any atom is 0.256 e. The van der Waals surface area contributed by atoms with E-state index in [1.54, 1.807) is 0 Å². The third kappa shape index (κ3) is 8.51. The number of carbonyl (C=O) groups excluding carboxylic acids is 1. The van der Waals surface area contributed by atoms with Crippen LogP contribution >= 0.6 is 0 Å². The number of hydrogen-bond donors (Lipinski definition) is 0. The minimum Gasteiger partial charge on any atom is -0.546 e. The lowest BCUT2D eigenvalue weighted by Crippen LogP contribution is -2.45. The summed E-state index contributed by atoms with van der Waals surface area (Å²) >= 11 is 0. The van der Waals surface area contributed by atoms with Crippen LogP contribution in [0.2, 0.25) is 0 Å². The molecule has 138 valence electrons. The third-order valence-corrected chi connectivity index (χ3v) is 4.61. The van der Waals surface area contributed by atoms with Crippen molar-refractivity contribution in [2.75, 3.05) is 0 Å². The molecule has 0 saturated carbocycles. The fourth-order valence-electron chi connectivity index (χ4n) is 3.28. The van der Waals surface area contributed by atoms with Crippen molar-refractivity contribution < 1.29 is 14.5 Å². The number of nitrogens with zero attached hydrogens (tertiary/aromatic N) is 2. The summed E-state index contributed by atoms with van der Waals surface area (Å²) in [5.41, 5.74) is 0. The summed E-state index contributed by atoms with van der Waals surface area (Å²) in [7, 11) is 0. The van der Waals surface area contributed by atoms with E-state index in [1.807, 2.05) is 17.0 Å². The standard InChI is InChI=1S/C20H36N2O2/c1-3-5-6-7-8-9-10-11-12-13-14-19-21(15-4-2)16-17-22(19)18-20(23)24/h16-17H,3-15,18H2,1-2H3. The molecule has 4 heteroatoms. The van der Waals surface area contributed by atoms with Gasteiger partial charge in [-0.15, -0.1) is 0 Å². The van der Waals surface area contributed by atoms with Crippen molar-refractivity contribution >= 4 is 5.97 Å². The normalized spacial score (nSPS) is 11.1. The van der Waals surface area contributed by atoms with E-state index in [9.17, 15) is 9.90 Å². The Morgan fingerprint density at radius 2 is 1.54 bits per heavy atom. The molecule has 0 bridgehead atoms. The van der Waals surface area contributed by atoms with E-state index in [-0.39, 0.29) is 6.54 Å². The summed E-state index contributed by atoms with van der Waals surface area (Å²) < 4.78 is 4.02. The Morgan fingerprint density at radius 3 is 2.08 bits per heavy atom. The molecule has 1 aromatic rings. The lowest BCUT2D eigenvalue weighted by Gasteiger charge is -2.06. The lowest BCUT2D eigenvalue weighted by atomic mass is 10.1. The maximum absolute atomic E-state index is 10.9. The fraction of sp³-hybridized carbons (Fsp3) is 0.800. The Kier molecular flexibility index (Phi) is 11.2. The van der Waals surface area contributed by atoms with Gasteiger partial charge < -0.3 is 9.90 Å². The van der Waals surface area contributed by atoms with E-state index in [0.717, 1.165) is 31.6 Å². The molecule has 0 saturated heterocycles. The monoisotopic (exact) mass is 336 g/mol. The lowest BCUT2D eigenvalue weighted by molar-refractivity contribution is -0.697. The highest BCUT2D eigenvalue weighted by Crippen LogP contribution is 2.12. The van der Waals surface area contributed by atoms with Crippen molar-refractivity contribution in [2.24, 2.45) is 0 Å². The van der Waals surface area contributed by atoms with Gasteiger partial charge in [0.05, 0.1) is 12.5 Å². The summed E-state index contributed by atoms with van der Waals surface area (Å²) in [6, 6.07) is 0. The van der Waals surface area contributed by atoms with Crippen molar-refractivity contribution in [3.05, 3.63) is 18.2 Å². The first kappa shape index (κ1) is 20.7. The molecule has 0 N–H and O–H groups in total. The van der Waals surface area contributed by atoms with Gasteiger partial charge in [-0.25, -0.2) is 9.13 Å². The van der Waals surface area contributed by atoms with Gasteiger partial charge in [-0.3, -0.25) is 0 Å². The molecule has 0 spiro atoms. The van der Waals surface area contributed by atoms with Crippen LogP contribution in [-0.2, 0) is 24.3 Å². The first-order valence-corrected chi connectivity index (χ1v) is 9.96. The van der Waals surface area contributed by atoms with Gasteiger partial charge in [-0.2, -0.15) is 0 Å². The number of hydrogen-bond acceptors (Lipinski definition) is 2. The van der Waals surface area contributed by atoms with E-state index in [0.29, 0.717) is 0 Å². The topological polar surface area (TPSA) is 48.9 Å². The molecule has 0 aromatic carbocycles. The number of carboxylic acids is 1. The second-order valence-corrected chi connectivity index (χ2v) is 6.84. The molecule has 0 aliphatic rings. The molecule has 1 aromatic heterocycles. The molecule has 1 heterocycles. The number of rotatable bonds is 15. The van der Waals surface area contributed by atoms with Crippen molar-refractivity contribution in [2.45, 2.75) is 104 Å². The Balaban J connectivity index is 2.23. The zero-order chi connectivity index (χ0) is 17.6. The van der Waals surface area contributed by atoms with Crippen molar-refractivity contribution in [1.29, 1.82) is 0 Å². The quantitative estimate of drug-likeness (QED) is 0.364. The second kappa shape index (κ2) is 13.0. The number of carboxylic acid groups (broad SMARTS) is 1. The van der Waals surface area contributed by atoms with E-state index >= 15 is 0 Å². The zero-order valence-corrected chi connectivity index (χ0v) is 15.8. The summed E-state index contributed by atoms with van der Waals surface area (Å²) in [5, 5.41) is 10.9. The van der Waals surface area contributed by atoms with Gasteiger partial charge in [0.25, 0.3) is 5.82 Å². The van der Waals surface area contributed by atoms with E-state index in [1.165, 1.54) is 57.8 Å². The molecule has 0 aliphatic heterocycles. The zero-order valence-electron chi connectivity index (χ0n) is 15.8. The van der Waals surface area contributed by atoms with E-state index < -0.39 is 5.97 Å². The van der Waals surface area contributed by atoms with Crippen LogP contribution in [0.1, 0.15) is 90.3 Å². The Bertz CT molecular complexity index is 454. The average molecular weight is 337 g/mol. The molecular weight excluding hydrogens is 300 g/mol. The molecule has 1 rings (SSSR count). The Hall–Kier alpha value is -1.32. The maximum atomic E-state index is 10.9. The van der Waals surface area contributed by atoms with Gasteiger partial charge in [0.2, 0.25) is 0 Å². The number of aliphatic carboxylic acids is 1. The van der Waals surface area contributed by atoms with Crippen molar-refractivity contribution in [3.8, 4) is 0 Å². The number of aryl methyl sites for hydroxylation is 1. The van der Waals surface area contributed by atoms with Crippen LogP contribution in [0, 0.1) is 0 Å². The van der Waals surface area contributed by atoms with Crippen LogP contribution in [0.4, 0.5) is 0 Å². The minimum atomic E-state index is -1.02. The first-order valence-electron chi connectivity index (χ1n) is 9.96. The van der Waals surface area contributed by atoms with E-state index in [4.69, 9.17) is 0 Å². The summed E-state index contributed by atoms with van der Waals surface area (Å²) in [6.07, 6.45) is 19.1. The van der Waals surface area contributed by atoms with Gasteiger partial charge in [-0.1, -0.05) is 71.6 Å². The van der Waals surface area contributed by atoms with Gasteiger partial charge in [0, 0.05) is 6.42 Å². The molecule has 4 nitrogen and oxygen atoms in total. The van der Waals surface area contributed by atoms with Crippen LogP contribution < -0.4 is 9.67 Å². The summed E-state index contributed by atoms with van der Waals surface area (Å²) in [5.74, 6) is 0.110. The molecule has 0 radical (unpaired) electrons. The van der Waals surface area contributed by atoms with Crippen molar-refractivity contribution in [1.82, 2.24) is 4.57 Å². The smallest absolute Gasteiger partial charge is 0.256 e. The first-order chi connectivity index (χ1) is 11.7. The van der Waals surface area contributed by atoms with Gasteiger partial charge >= 0.3 is 0 Å². The highest BCUT2D eigenvalue weighted by atomic mass is 16.4. The van der Waals surface area contributed by atoms with Gasteiger partial charge in [0.15, 0.2) is 0 Å². The fourth-order valence-corrected chi connectivity index (χ4v) is 3.28. The Morgan fingerprint density at radius 1 is 0.958 bits per heavy atom. The highest BCUT2D eigenvalue weighted by molar-refractivity contribution is 5.62. The Labute approximate surface area is 147 Å². The van der Waals surface area contributed by atoms with Crippen LogP contribution in [-0.4, -0.2) is 10.5 Å². The molecule has 0 fully saturated rings. The molecule has 0 aliphatic carbocycles. The summed E-state index contributed by atoms with van der Waals surface area (Å²) in [4.78, 5) is 10.9. The summed E-state index contributed by atoms with van der Waals surface area (Å²) in [6.45, 7) is 5.32. The molecule has 0 amide bonds. The largest absolute Gasteiger partial charge is 0.546 e. The number of carbonyl (C=O) groups is 1. The molecule has 0 atom stereocenters. The predicted octanol–water partition coefficient (Wildman–Crippen LogP) is 3.40. The van der Waals surface area contributed by atoms with Gasteiger partial charge in [-0.05, 0) is 12.8 Å². The number of imidazole rings is 1. The third-order valence-electron chi connectivity index (χ3n) is 4.61. The van der Waals surface area contributed by atoms with Crippen LogP contribution in [0.5, 0.6) is 0 Å². The average Bonchev–Trinajstić information content (AvgIpc) is 2.91. The molecule has 0 unspecified atom stereocenters. The minimum absolute atomic E-state index is 0.0379. The van der Waals surface area contributed by atoms with Crippen LogP contribution in [0.3, 0.4) is 0 Å². The predicted molar refractivity (Wildman–Crippen MR) is 95.5 cm³/mol. The van der Waals surface area contributed by atoms with Crippen LogP contribution in [0.15, 0.2) is 12.4 Å². The molecule has 24 heavy (non-hydrogen) atoms. The van der Waals surface area contributed by atoms with Gasteiger partial charge in [0.1, 0.15) is 18.9 Å². The van der Waals surface area contributed by atoms with E-state index in [2.05, 4.69) is 18.4 Å². The number of aromatic nitrogens is 2. The number of unbranched alkanes of at least 4 members (excludes halogenated alkanes) is 9.